The van der Waals surface area contributed by atoms with Crippen molar-refractivity contribution in [2.75, 3.05) is 43.6 Å². The standard InChI is InChI=1S/C27H35N3O4S/c1-20-4-6-21(7-5-20)12-14-29-18-23(16-26(29)31)27(32)30(25-13-15-35(33,34)19-25)17-22-8-10-24(11-9-22)28(2)3/h4-11,23,25H,12-19H2,1-3H3. The molecule has 188 valence electrons. The molecule has 7 nitrogen and oxygen atoms in total. The van der Waals surface area contributed by atoms with Crippen molar-refractivity contribution >= 4 is 27.3 Å². The van der Waals surface area contributed by atoms with Gasteiger partial charge >= 0.3 is 0 Å². The van der Waals surface area contributed by atoms with Crippen LogP contribution in [0.5, 0.6) is 0 Å². The van der Waals surface area contributed by atoms with Gasteiger partial charge in [-0.15, -0.1) is 0 Å². The Bertz CT molecular complexity index is 1160. The zero-order valence-corrected chi connectivity index (χ0v) is 21.6. The summed E-state index contributed by atoms with van der Waals surface area (Å²) in [6, 6.07) is 15.9. The number of amides is 2. The lowest BCUT2D eigenvalue weighted by molar-refractivity contribution is -0.138. The van der Waals surface area contributed by atoms with Gasteiger partial charge in [-0.3, -0.25) is 9.59 Å². The van der Waals surface area contributed by atoms with E-state index in [1.807, 2.05) is 50.2 Å². The fourth-order valence-electron chi connectivity index (χ4n) is 4.91. The second-order valence-electron chi connectivity index (χ2n) is 10.1. The first-order chi connectivity index (χ1) is 16.6. The number of hydrogen-bond acceptors (Lipinski definition) is 5. The Labute approximate surface area is 208 Å². The highest BCUT2D eigenvalue weighted by Crippen LogP contribution is 2.27. The molecule has 2 amide bonds. The molecular formula is C27H35N3O4S. The molecule has 2 aromatic carbocycles. The van der Waals surface area contributed by atoms with Crippen LogP contribution in [0.4, 0.5) is 5.69 Å². The van der Waals surface area contributed by atoms with Crippen molar-refractivity contribution in [3.05, 3.63) is 65.2 Å². The van der Waals surface area contributed by atoms with Crippen LogP contribution >= 0.6 is 0 Å². The maximum Gasteiger partial charge on any atom is 0.228 e. The maximum absolute atomic E-state index is 13.7. The van der Waals surface area contributed by atoms with E-state index in [0.29, 0.717) is 26.1 Å². The van der Waals surface area contributed by atoms with Gasteiger partial charge in [-0.25, -0.2) is 8.42 Å². The number of likely N-dealkylation sites (tertiary alicyclic amines) is 1. The normalized spacial score (nSPS) is 21.3. The van der Waals surface area contributed by atoms with Crippen LogP contribution in [0.2, 0.25) is 0 Å². The Kier molecular flexibility index (Phi) is 7.50. The fraction of sp³-hybridized carbons (Fsp3) is 0.481. The van der Waals surface area contributed by atoms with Gasteiger partial charge in [-0.1, -0.05) is 42.0 Å². The number of hydrogen-bond donors (Lipinski definition) is 0. The van der Waals surface area contributed by atoms with E-state index in [1.54, 1.807) is 9.80 Å². The number of nitrogens with zero attached hydrogens (tertiary/aromatic N) is 3. The molecule has 2 saturated heterocycles. The molecule has 0 radical (unpaired) electrons. The molecule has 0 bridgehead atoms. The molecule has 0 aromatic heterocycles. The molecule has 0 spiro atoms. The molecule has 0 aliphatic carbocycles. The fourth-order valence-corrected chi connectivity index (χ4v) is 6.64. The molecule has 4 rings (SSSR count). The van der Waals surface area contributed by atoms with Crippen LogP contribution in [0.25, 0.3) is 0 Å². The number of aryl methyl sites for hydroxylation is 1. The van der Waals surface area contributed by atoms with Crippen molar-refractivity contribution in [3.8, 4) is 0 Å². The molecule has 2 heterocycles. The molecule has 2 aliphatic rings. The third kappa shape index (κ3) is 6.23. The first kappa shape index (κ1) is 25.2. The zero-order valence-electron chi connectivity index (χ0n) is 20.8. The maximum atomic E-state index is 13.7. The minimum atomic E-state index is -3.15. The van der Waals surface area contributed by atoms with E-state index in [9.17, 15) is 18.0 Å². The quantitative estimate of drug-likeness (QED) is 0.560. The summed E-state index contributed by atoms with van der Waals surface area (Å²) >= 11 is 0. The van der Waals surface area contributed by atoms with E-state index in [1.165, 1.54) is 5.56 Å². The molecule has 2 atom stereocenters. The van der Waals surface area contributed by atoms with E-state index in [4.69, 9.17) is 0 Å². The average Bonchev–Trinajstić information content (AvgIpc) is 3.38. The highest BCUT2D eigenvalue weighted by molar-refractivity contribution is 7.91. The summed E-state index contributed by atoms with van der Waals surface area (Å²) < 4.78 is 24.4. The van der Waals surface area contributed by atoms with E-state index >= 15 is 0 Å². The number of rotatable bonds is 8. The Morgan fingerprint density at radius 1 is 1.03 bits per heavy atom. The predicted molar refractivity (Wildman–Crippen MR) is 138 cm³/mol. The van der Waals surface area contributed by atoms with Gasteiger partial charge in [0.05, 0.1) is 17.4 Å². The van der Waals surface area contributed by atoms with Crippen LogP contribution in [0.15, 0.2) is 48.5 Å². The number of anilines is 1. The van der Waals surface area contributed by atoms with Gasteiger partial charge in [-0.05, 0) is 43.0 Å². The molecule has 2 aliphatic heterocycles. The number of benzene rings is 2. The van der Waals surface area contributed by atoms with Crippen LogP contribution in [-0.4, -0.2) is 74.8 Å². The minimum absolute atomic E-state index is 0.00761. The second kappa shape index (κ2) is 10.4. The van der Waals surface area contributed by atoms with Crippen molar-refractivity contribution in [2.24, 2.45) is 5.92 Å². The van der Waals surface area contributed by atoms with Crippen LogP contribution in [0.3, 0.4) is 0 Å². The number of sulfone groups is 1. The lowest BCUT2D eigenvalue weighted by Gasteiger charge is -2.31. The zero-order chi connectivity index (χ0) is 25.2. The topological polar surface area (TPSA) is 78.0 Å². The van der Waals surface area contributed by atoms with Crippen LogP contribution in [0.1, 0.15) is 29.5 Å². The second-order valence-corrected chi connectivity index (χ2v) is 12.3. The predicted octanol–water partition coefficient (Wildman–Crippen LogP) is 2.67. The summed E-state index contributed by atoms with van der Waals surface area (Å²) in [5, 5.41) is 0. The SMILES string of the molecule is Cc1ccc(CCN2CC(C(=O)N(Cc3ccc(N(C)C)cc3)C3CCS(=O)(=O)C3)CC2=O)cc1. The van der Waals surface area contributed by atoms with Gasteiger partial charge < -0.3 is 14.7 Å². The van der Waals surface area contributed by atoms with Gasteiger partial charge in [0, 0.05) is 51.9 Å². The third-order valence-electron chi connectivity index (χ3n) is 7.09. The molecule has 2 unspecified atom stereocenters. The molecule has 8 heteroatoms. The lowest BCUT2D eigenvalue weighted by atomic mass is 10.0. The summed E-state index contributed by atoms with van der Waals surface area (Å²) in [5.74, 6) is -0.468. The van der Waals surface area contributed by atoms with Crippen molar-refractivity contribution < 1.29 is 18.0 Å². The molecular weight excluding hydrogens is 462 g/mol. The Morgan fingerprint density at radius 2 is 1.69 bits per heavy atom. The lowest BCUT2D eigenvalue weighted by Crippen LogP contribution is -2.44. The summed E-state index contributed by atoms with van der Waals surface area (Å²) in [5.41, 5.74) is 4.37. The van der Waals surface area contributed by atoms with Crippen LogP contribution in [-0.2, 0) is 32.4 Å². The van der Waals surface area contributed by atoms with Gasteiger partial charge in [0.15, 0.2) is 9.84 Å². The highest BCUT2D eigenvalue weighted by Gasteiger charge is 2.41. The van der Waals surface area contributed by atoms with E-state index < -0.39 is 15.8 Å². The van der Waals surface area contributed by atoms with E-state index in [0.717, 1.165) is 23.2 Å². The molecule has 2 aromatic rings. The average molecular weight is 498 g/mol. The summed E-state index contributed by atoms with van der Waals surface area (Å²) in [4.78, 5) is 31.9. The van der Waals surface area contributed by atoms with Gasteiger partial charge in [0.2, 0.25) is 11.8 Å². The third-order valence-corrected chi connectivity index (χ3v) is 8.84. The summed E-state index contributed by atoms with van der Waals surface area (Å²) in [6.07, 6.45) is 1.37. The Hall–Kier alpha value is -2.87. The largest absolute Gasteiger partial charge is 0.378 e. The van der Waals surface area contributed by atoms with Crippen molar-refractivity contribution in [2.45, 2.75) is 38.8 Å². The minimum Gasteiger partial charge on any atom is -0.378 e. The monoisotopic (exact) mass is 497 g/mol. The molecule has 2 fully saturated rings. The number of carbonyl (C=O) groups excluding carboxylic acids is 2. The van der Waals surface area contributed by atoms with Crippen molar-refractivity contribution in [1.82, 2.24) is 9.80 Å². The van der Waals surface area contributed by atoms with Crippen LogP contribution in [0, 0.1) is 12.8 Å². The van der Waals surface area contributed by atoms with Crippen LogP contribution < -0.4 is 4.90 Å². The molecule has 35 heavy (non-hydrogen) atoms. The Morgan fingerprint density at radius 3 is 2.29 bits per heavy atom. The Balaban J connectivity index is 1.46. The molecule has 0 saturated carbocycles. The number of carbonyl (C=O) groups is 2. The van der Waals surface area contributed by atoms with E-state index in [2.05, 4.69) is 24.3 Å². The van der Waals surface area contributed by atoms with Gasteiger partial charge in [0.25, 0.3) is 0 Å². The van der Waals surface area contributed by atoms with Gasteiger partial charge in [0.1, 0.15) is 0 Å². The first-order valence-corrected chi connectivity index (χ1v) is 14.0. The van der Waals surface area contributed by atoms with E-state index in [-0.39, 0.29) is 35.8 Å². The summed E-state index contributed by atoms with van der Waals surface area (Å²) in [7, 11) is 0.787. The summed E-state index contributed by atoms with van der Waals surface area (Å²) in [6.45, 7) is 3.36. The smallest absolute Gasteiger partial charge is 0.228 e. The van der Waals surface area contributed by atoms with Crippen molar-refractivity contribution in [1.29, 1.82) is 0 Å². The first-order valence-electron chi connectivity index (χ1n) is 12.2. The highest BCUT2D eigenvalue weighted by atomic mass is 32.2. The van der Waals surface area contributed by atoms with Crippen molar-refractivity contribution in [3.63, 3.8) is 0 Å². The van der Waals surface area contributed by atoms with Gasteiger partial charge in [-0.2, -0.15) is 0 Å². The molecule has 0 N–H and O–H groups in total.